The lowest BCUT2D eigenvalue weighted by Crippen LogP contribution is -2.32. The zero-order valence-electron chi connectivity index (χ0n) is 12.8. The van der Waals surface area contributed by atoms with E-state index in [9.17, 15) is 0 Å². The van der Waals surface area contributed by atoms with Gasteiger partial charge >= 0.3 is 6.01 Å². The summed E-state index contributed by atoms with van der Waals surface area (Å²) in [5.41, 5.74) is 0. The first-order valence-corrected chi connectivity index (χ1v) is 7.12. The van der Waals surface area contributed by atoms with Crippen molar-refractivity contribution < 1.29 is 4.74 Å². The fraction of sp³-hybridized carbons (Fsp3) is 0.769. The van der Waals surface area contributed by atoms with Crippen LogP contribution in [0.3, 0.4) is 0 Å². The average Bonchev–Trinajstić information content (AvgIpc) is 2.94. The van der Waals surface area contributed by atoms with Crippen LogP contribution < -0.4 is 15.0 Å². The molecule has 0 saturated carbocycles. The van der Waals surface area contributed by atoms with Gasteiger partial charge in [0.1, 0.15) is 0 Å². The Balaban J connectivity index is 2.14. The van der Waals surface area contributed by atoms with Gasteiger partial charge in [0.05, 0.1) is 6.61 Å². The van der Waals surface area contributed by atoms with Gasteiger partial charge in [0.25, 0.3) is 0 Å². The predicted octanol–water partition coefficient (Wildman–Crippen LogP) is 0.842. The van der Waals surface area contributed by atoms with Crippen molar-refractivity contribution in [1.29, 1.82) is 0 Å². The second-order valence-electron chi connectivity index (χ2n) is 5.19. The number of aromatic nitrogens is 3. The molecular formula is C13H24N6O. The molecule has 2 rings (SSSR count). The van der Waals surface area contributed by atoms with Gasteiger partial charge < -0.3 is 19.9 Å². The van der Waals surface area contributed by atoms with Crippen LogP contribution in [0.5, 0.6) is 6.01 Å². The minimum absolute atomic E-state index is 0.398. The van der Waals surface area contributed by atoms with E-state index in [2.05, 4.69) is 51.1 Å². The highest BCUT2D eigenvalue weighted by atomic mass is 16.5. The zero-order chi connectivity index (χ0) is 14.5. The Hall–Kier alpha value is -1.63. The molecule has 1 saturated heterocycles. The molecule has 1 atom stereocenters. The molecule has 0 radical (unpaired) electrons. The van der Waals surface area contributed by atoms with Crippen LogP contribution >= 0.6 is 0 Å². The first-order chi connectivity index (χ1) is 9.63. The van der Waals surface area contributed by atoms with Crippen LogP contribution in [0.25, 0.3) is 0 Å². The Labute approximate surface area is 120 Å². The topological polar surface area (TPSA) is 66.4 Å². The molecule has 1 unspecified atom stereocenters. The predicted molar refractivity (Wildman–Crippen MR) is 79.5 cm³/mol. The quantitative estimate of drug-likeness (QED) is 0.828. The summed E-state index contributed by atoms with van der Waals surface area (Å²) in [6.07, 6.45) is 2.06. The molecule has 0 aromatic carbocycles. The van der Waals surface area contributed by atoms with E-state index in [1.165, 1.54) is 0 Å². The van der Waals surface area contributed by atoms with Gasteiger partial charge in [-0.05, 0) is 26.9 Å². The monoisotopic (exact) mass is 280 g/mol. The van der Waals surface area contributed by atoms with Gasteiger partial charge in [-0.15, -0.1) is 0 Å². The van der Waals surface area contributed by atoms with E-state index in [4.69, 9.17) is 4.74 Å². The van der Waals surface area contributed by atoms with Crippen molar-refractivity contribution in [3.8, 4) is 6.01 Å². The van der Waals surface area contributed by atoms with Crippen LogP contribution in [0.2, 0.25) is 0 Å². The molecule has 0 amide bonds. The molecule has 0 aliphatic carbocycles. The van der Waals surface area contributed by atoms with Gasteiger partial charge in [-0.25, -0.2) is 0 Å². The zero-order valence-corrected chi connectivity index (χ0v) is 12.8. The highest BCUT2D eigenvalue weighted by Gasteiger charge is 2.26. The summed E-state index contributed by atoms with van der Waals surface area (Å²) in [4.78, 5) is 17.5. The number of ether oxygens (including phenoxy) is 1. The second-order valence-corrected chi connectivity index (χ2v) is 5.19. The van der Waals surface area contributed by atoms with Crippen LogP contribution in [0, 0.1) is 0 Å². The summed E-state index contributed by atoms with van der Waals surface area (Å²) in [5.74, 6) is 1.24. The van der Waals surface area contributed by atoms with Crippen LogP contribution in [0.4, 0.5) is 11.9 Å². The molecule has 20 heavy (non-hydrogen) atoms. The van der Waals surface area contributed by atoms with Crippen molar-refractivity contribution in [2.75, 3.05) is 51.1 Å². The average molecular weight is 280 g/mol. The standard InChI is InChI=1S/C13H24N6O/c1-5-8-20-13-16-11(14-2)15-12(17-13)19-7-6-10(9-19)18(3)4/h10H,5-9H2,1-4H3,(H,14,15,16,17). The molecule has 1 aliphatic heterocycles. The lowest BCUT2D eigenvalue weighted by Gasteiger charge is -2.20. The van der Waals surface area contributed by atoms with Crippen LogP contribution in [0.15, 0.2) is 0 Å². The van der Waals surface area contributed by atoms with Crippen molar-refractivity contribution in [3.05, 3.63) is 0 Å². The molecule has 7 heteroatoms. The molecule has 112 valence electrons. The molecule has 2 heterocycles. The van der Waals surface area contributed by atoms with Gasteiger partial charge in [-0.3, -0.25) is 0 Å². The number of nitrogens with one attached hydrogen (secondary N) is 1. The van der Waals surface area contributed by atoms with E-state index in [-0.39, 0.29) is 0 Å². The summed E-state index contributed by atoms with van der Waals surface area (Å²) < 4.78 is 5.53. The molecule has 7 nitrogen and oxygen atoms in total. The van der Waals surface area contributed by atoms with E-state index < -0.39 is 0 Å². The van der Waals surface area contributed by atoms with Crippen LogP contribution in [-0.2, 0) is 0 Å². The third kappa shape index (κ3) is 3.47. The Bertz CT molecular complexity index is 439. The third-order valence-corrected chi connectivity index (χ3v) is 3.44. The second kappa shape index (κ2) is 6.69. The Morgan fingerprint density at radius 3 is 2.75 bits per heavy atom. The minimum Gasteiger partial charge on any atom is -0.463 e. The van der Waals surface area contributed by atoms with Gasteiger partial charge in [-0.1, -0.05) is 6.92 Å². The number of likely N-dealkylation sites (N-methyl/N-ethyl adjacent to an activating group) is 1. The first-order valence-electron chi connectivity index (χ1n) is 7.12. The molecule has 1 aromatic heterocycles. The maximum atomic E-state index is 5.53. The molecule has 1 N–H and O–H groups in total. The van der Waals surface area contributed by atoms with Crippen molar-refractivity contribution in [2.24, 2.45) is 0 Å². The summed E-state index contributed by atoms with van der Waals surface area (Å²) in [6, 6.07) is 0.944. The fourth-order valence-corrected chi connectivity index (χ4v) is 2.20. The highest BCUT2D eigenvalue weighted by Crippen LogP contribution is 2.21. The van der Waals surface area contributed by atoms with E-state index >= 15 is 0 Å². The molecule has 0 spiro atoms. The lowest BCUT2D eigenvalue weighted by molar-refractivity contribution is 0.291. The van der Waals surface area contributed by atoms with Gasteiger partial charge in [-0.2, -0.15) is 15.0 Å². The van der Waals surface area contributed by atoms with Crippen LogP contribution in [0.1, 0.15) is 19.8 Å². The maximum absolute atomic E-state index is 5.53. The normalized spacial score (nSPS) is 18.6. The van der Waals surface area contributed by atoms with Crippen molar-refractivity contribution >= 4 is 11.9 Å². The van der Waals surface area contributed by atoms with Crippen molar-refractivity contribution in [1.82, 2.24) is 19.9 Å². The molecular weight excluding hydrogens is 256 g/mol. The Kier molecular flexibility index (Phi) is 4.94. The Morgan fingerprint density at radius 1 is 1.35 bits per heavy atom. The maximum Gasteiger partial charge on any atom is 0.323 e. The molecule has 1 aliphatic rings. The van der Waals surface area contributed by atoms with Gasteiger partial charge in [0.2, 0.25) is 11.9 Å². The molecule has 1 fully saturated rings. The summed E-state index contributed by atoms with van der Waals surface area (Å²) in [5, 5.41) is 2.96. The number of anilines is 2. The number of hydrogen-bond acceptors (Lipinski definition) is 7. The lowest BCUT2D eigenvalue weighted by atomic mass is 10.2. The van der Waals surface area contributed by atoms with Gasteiger partial charge in [0, 0.05) is 26.2 Å². The van der Waals surface area contributed by atoms with E-state index in [0.717, 1.165) is 25.9 Å². The molecule has 1 aromatic rings. The van der Waals surface area contributed by atoms with Crippen molar-refractivity contribution in [3.63, 3.8) is 0 Å². The summed E-state index contributed by atoms with van der Waals surface area (Å²) in [6.45, 7) is 4.58. The van der Waals surface area contributed by atoms with E-state index in [1.807, 2.05) is 0 Å². The summed E-state index contributed by atoms with van der Waals surface area (Å²) >= 11 is 0. The smallest absolute Gasteiger partial charge is 0.323 e. The summed E-state index contributed by atoms with van der Waals surface area (Å²) in [7, 11) is 6.02. The SMILES string of the molecule is CCCOc1nc(NC)nc(N2CCC(N(C)C)C2)n1. The van der Waals surface area contributed by atoms with Crippen LogP contribution in [-0.4, -0.2) is 66.7 Å². The fourth-order valence-electron chi connectivity index (χ4n) is 2.20. The van der Waals surface area contributed by atoms with Gasteiger partial charge in [0.15, 0.2) is 0 Å². The minimum atomic E-state index is 0.398. The number of rotatable bonds is 6. The first kappa shape index (κ1) is 14.8. The highest BCUT2D eigenvalue weighted by molar-refractivity contribution is 5.39. The number of nitrogens with zero attached hydrogens (tertiary/aromatic N) is 5. The van der Waals surface area contributed by atoms with Crippen molar-refractivity contribution in [2.45, 2.75) is 25.8 Å². The third-order valence-electron chi connectivity index (χ3n) is 3.44. The number of hydrogen-bond donors (Lipinski definition) is 1. The molecule has 0 bridgehead atoms. The Morgan fingerprint density at radius 2 is 2.15 bits per heavy atom. The van der Waals surface area contributed by atoms with E-state index in [1.54, 1.807) is 7.05 Å². The largest absolute Gasteiger partial charge is 0.463 e. The van der Waals surface area contributed by atoms with E-state index in [0.29, 0.717) is 30.6 Å².